The highest BCUT2D eigenvalue weighted by molar-refractivity contribution is 7.09. The normalized spacial score (nSPS) is 12.2. The van der Waals surface area contributed by atoms with Crippen LogP contribution in [0.3, 0.4) is 0 Å². The number of hydrogen-bond donors (Lipinski definition) is 1. The van der Waals surface area contributed by atoms with Crippen molar-refractivity contribution in [1.29, 1.82) is 0 Å². The van der Waals surface area contributed by atoms with E-state index in [1.54, 1.807) is 18.5 Å². The molecule has 7 heteroatoms. The van der Waals surface area contributed by atoms with Gasteiger partial charge in [0.25, 0.3) is 5.91 Å². The number of amides is 1. The van der Waals surface area contributed by atoms with E-state index in [-0.39, 0.29) is 11.6 Å². The highest BCUT2D eigenvalue weighted by atomic mass is 32.1. The fraction of sp³-hybridized carbons (Fsp3) is 0.182. The van der Waals surface area contributed by atoms with E-state index in [0.717, 1.165) is 12.3 Å². The van der Waals surface area contributed by atoms with Crippen LogP contribution in [0.4, 0.5) is 8.78 Å². The lowest BCUT2D eigenvalue weighted by Gasteiger charge is -2.11. The molecular formula is C11H9F2N3OS. The quantitative estimate of drug-likeness (QED) is 0.870. The van der Waals surface area contributed by atoms with E-state index < -0.39 is 17.7 Å². The Kier molecular flexibility index (Phi) is 3.61. The van der Waals surface area contributed by atoms with E-state index in [9.17, 15) is 13.6 Å². The average Bonchev–Trinajstić information content (AvgIpc) is 2.86. The molecule has 18 heavy (non-hydrogen) atoms. The number of rotatable bonds is 3. The monoisotopic (exact) mass is 269 g/mol. The van der Waals surface area contributed by atoms with Gasteiger partial charge in [0.1, 0.15) is 5.01 Å². The van der Waals surface area contributed by atoms with Crippen LogP contribution < -0.4 is 5.32 Å². The van der Waals surface area contributed by atoms with Gasteiger partial charge in [0.2, 0.25) is 5.95 Å². The molecule has 0 spiro atoms. The highest BCUT2D eigenvalue weighted by Gasteiger charge is 2.18. The third-order valence-corrected chi connectivity index (χ3v) is 3.22. The van der Waals surface area contributed by atoms with Crippen LogP contribution in [0, 0.1) is 11.8 Å². The second-order valence-corrected chi connectivity index (χ2v) is 4.45. The maximum atomic E-state index is 13.3. The lowest BCUT2D eigenvalue weighted by Crippen LogP contribution is -2.27. The van der Waals surface area contributed by atoms with Crippen molar-refractivity contribution in [2.24, 2.45) is 0 Å². The van der Waals surface area contributed by atoms with E-state index in [1.807, 2.05) is 0 Å². The first-order valence-corrected chi connectivity index (χ1v) is 5.98. The molecule has 0 aliphatic carbocycles. The molecule has 0 aliphatic rings. The summed E-state index contributed by atoms with van der Waals surface area (Å²) in [5.74, 6) is -3.23. The third kappa shape index (κ3) is 2.51. The summed E-state index contributed by atoms with van der Waals surface area (Å²) in [6.07, 6.45) is 2.65. The Morgan fingerprint density at radius 3 is 2.83 bits per heavy atom. The highest BCUT2D eigenvalue weighted by Crippen LogP contribution is 2.16. The zero-order valence-electron chi connectivity index (χ0n) is 9.35. The molecule has 1 N–H and O–H groups in total. The van der Waals surface area contributed by atoms with Crippen molar-refractivity contribution in [1.82, 2.24) is 15.3 Å². The van der Waals surface area contributed by atoms with Gasteiger partial charge in [0.05, 0.1) is 11.6 Å². The largest absolute Gasteiger partial charge is 0.343 e. The van der Waals surface area contributed by atoms with Crippen LogP contribution in [0.15, 0.2) is 23.8 Å². The maximum absolute atomic E-state index is 13.3. The summed E-state index contributed by atoms with van der Waals surface area (Å²) < 4.78 is 26.2. The maximum Gasteiger partial charge on any atom is 0.255 e. The lowest BCUT2D eigenvalue weighted by molar-refractivity contribution is 0.0934. The van der Waals surface area contributed by atoms with Gasteiger partial charge in [-0.15, -0.1) is 11.3 Å². The molecular weight excluding hydrogens is 260 g/mol. The Hall–Kier alpha value is -1.89. The topological polar surface area (TPSA) is 54.9 Å². The Morgan fingerprint density at radius 2 is 2.17 bits per heavy atom. The molecule has 2 aromatic heterocycles. The van der Waals surface area contributed by atoms with Gasteiger partial charge in [-0.05, 0) is 13.0 Å². The zero-order valence-corrected chi connectivity index (χ0v) is 10.2. The van der Waals surface area contributed by atoms with Gasteiger partial charge in [-0.1, -0.05) is 0 Å². The number of nitrogens with one attached hydrogen (secondary N) is 1. The van der Waals surface area contributed by atoms with Crippen molar-refractivity contribution < 1.29 is 13.6 Å². The number of pyridine rings is 1. The minimum atomic E-state index is -1.29. The number of hydrogen-bond acceptors (Lipinski definition) is 4. The van der Waals surface area contributed by atoms with Gasteiger partial charge < -0.3 is 5.32 Å². The number of aromatic nitrogens is 2. The van der Waals surface area contributed by atoms with Crippen LogP contribution in [0.2, 0.25) is 0 Å². The van der Waals surface area contributed by atoms with Crippen LogP contribution in [-0.4, -0.2) is 15.9 Å². The molecule has 0 aliphatic heterocycles. The van der Waals surface area contributed by atoms with Gasteiger partial charge in [0.15, 0.2) is 5.82 Å². The van der Waals surface area contributed by atoms with Crippen LogP contribution in [0.1, 0.15) is 28.3 Å². The fourth-order valence-corrected chi connectivity index (χ4v) is 2.02. The molecule has 1 unspecified atom stereocenters. The van der Waals surface area contributed by atoms with Crippen LogP contribution in [0.5, 0.6) is 0 Å². The van der Waals surface area contributed by atoms with E-state index in [4.69, 9.17) is 0 Å². The average molecular weight is 269 g/mol. The summed E-state index contributed by atoms with van der Waals surface area (Å²) in [5, 5.41) is 5.00. The Balaban J connectivity index is 2.15. The first-order chi connectivity index (χ1) is 8.59. The van der Waals surface area contributed by atoms with Crippen molar-refractivity contribution in [3.8, 4) is 0 Å². The molecule has 0 aromatic carbocycles. The number of carbonyl (C=O) groups excluding carboxylic acids is 1. The minimum Gasteiger partial charge on any atom is -0.343 e. The predicted octanol–water partition coefficient (Wildman–Crippen LogP) is 2.31. The Labute approximate surface area is 106 Å². The van der Waals surface area contributed by atoms with Gasteiger partial charge >= 0.3 is 0 Å². The molecule has 0 fully saturated rings. The van der Waals surface area contributed by atoms with Crippen molar-refractivity contribution >= 4 is 17.2 Å². The summed E-state index contributed by atoms with van der Waals surface area (Å²) in [7, 11) is 0. The van der Waals surface area contributed by atoms with Gasteiger partial charge in [-0.3, -0.25) is 4.79 Å². The summed E-state index contributed by atoms with van der Waals surface area (Å²) in [6, 6.07) is 0.760. The number of thiazole rings is 1. The fourth-order valence-electron chi connectivity index (χ4n) is 1.38. The molecule has 94 valence electrons. The molecule has 1 amide bonds. The van der Waals surface area contributed by atoms with Crippen molar-refractivity contribution in [3.05, 3.63) is 46.2 Å². The number of halogens is 2. The zero-order chi connectivity index (χ0) is 13.1. The molecule has 2 rings (SSSR count). The first kappa shape index (κ1) is 12.6. The second kappa shape index (κ2) is 5.18. The molecule has 4 nitrogen and oxygen atoms in total. The second-order valence-electron chi connectivity index (χ2n) is 3.53. The molecule has 2 aromatic rings. The summed E-state index contributed by atoms with van der Waals surface area (Å²) in [5.41, 5.74) is -0.370. The van der Waals surface area contributed by atoms with Gasteiger partial charge in [-0.25, -0.2) is 14.4 Å². The minimum absolute atomic E-state index is 0.367. The molecule has 0 radical (unpaired) electrons. The van der Waals surface area contributed by atoms with E-state index in [0.29, 0.717) is 5.01 Å². The standard InChI is InChI=1S/C11H9F2N3OS/c1-6(11-15-4-5-18-11)16-10(17)7-2-3-14-9(13)8(7)12/h2-6H,1H3,(H,16,17). The lowest BCUT2D eigenvalue weighted by atomic mass is 10.2. The Bertz CT molecular complexity index is 559. The van der Waals surface area contributed by atoms with E-state index in [2.05, 4.69) is 15.3 Å². The summed E-state index contributed by atoms with van der Waals surface area (Å²) in [6.45, 7) is 1.71. The van der Waals surface area contributed by atoms with Gasteiger partial charge in [0, 0.05) is 17.8 Å². The van der Waals surface area contributed by atoms with Crippen LogP contribution in [-0.2, 0) is 0 Å². The molecule has 1 atom stereocenters. The Morgan fingerprint density at radius 1 is 1.39 bits per heavy atom. The molecule has 2 heterocycles. The van der Waals surface area contributed by atoms with Crippen LogP contribution >= 0.6 is 11.3 Å². The number of nitrogens with zero attached hydrogens (tertiary/aromatic N) is 2. The molecule has 0 bridgehead atoms. The van der Waals surface area contributed by atoms with Crippen molar-refractivity contribution in [2.75, 3.05) is 0 Å². The summed E-state index contributed by atoms with van der Waals surface area (Å²) in [4.78, 5) is 18.9. The van der Waals surface area contributed by atoms with E-state index in [1.165, 1.54) is 11.3 Å². The first-order valence-electron chi connectivity index (χ1n) is 5.10. The summed E-state index contributed by atoms with van der Waals surface area (Å²) >= 11 is 1.37. The predicted molar refractivity (Wildman–Crippen MR) is 62.1 cm³/mol. The van der Waals surface area contributed by atoms with Gasteiger partial charge in [-0.2, -0.15) is 4.39 Å². The molecule has 0 saturated carbocycles. The number of carbonyl (C=O) groups is 1. The van der Waals surface area contributed by atoms with Crippen LogP contribution in [0.25, 0.3) is 0 Å². The van der Waals surface area contributed by atoms with Crippen molar-refractivity contribution in [3.63, 3.8) is 0 Å². The van der Waals surface area contributed by atoms with E-state index >= 15 is 0 Å². The smallest absolute Gasteiger partial charge is 0.255 e. The molecule has 0 saturated heterocycles. The third-order valence-electron chi connectivity index (χ3n) is 2.26. The SMILES string of the molecule is CC(NC(=O)c1ccnc(F)c1F)c1nccs1. The van der Waals surface area contributed by atoms with Crippen molar-refractivity contribution in [2.45, 2.75) is 13.0 Å².